The van der Waals surface area contributed by atoms with E-state index in [1.165, 1.54) is 17.8 Å². The highest BCUT2D eigenvalue weighted by Crippen LogP contribution is 2.37. The Kier molecular flexibility index (Phi) is 5.54. The van der Waals surface area contributed by atoms with Crippen LogP contribution in [0.25, 0.3) is 0 Å². The molecule has 0 fully saturated rings. The fraction of sp³-hybridized carbons (Fsp3) is 0.250. The number of nitrogens with zero attached hydrogens (tertiary/aromatic N) is 2. The highest BCUT2D eigenvalue weighted by Gasteiger charge is 2.17. The van der Waals surface area contributed by atoms with Crippen LogP contribution in [-0.2, 0) is 13.2 Å². The lowest BCUT2D eigenvalue weighted by molar-refractivity contribution is -0.387. The Hall–Kier alpha value is -1.89. The highest BCUT2D eigenvalue weighted by molar-refractivity contribution is 7.99. The van der Waals surface area contributed by atoms with Crippen molar-refractivity contribution >= 4 is 17.4 Å². The predicted molar refractivity (Wildman–Crippen MR) is 87.0 cm³/mol. The quantitative estimate of drug-likeness (QED) is 0.654. The van der Waals surface area contributed by atoms with Gasteiger partial charge in [0.2, 0.25) is 0 Å². The van der Waals surface area contributed by atoms with E-state index in [0.717, 1.165) is 17.0 Å². The van der Waals surface area contributed by atoms with Crippen molar-refractivity contribution in [2.24, 2.45) is 0 Å². The number of rotatable bonds is 6. The molecule has 1 N–H and O–H groups in total. The van der Waals surface area contributed by atoms with Crippen LogP contribution in [0, 0.1) is 10.1 Å². The molecule has 0 radical (unpaired) electrons. The Morgan fingerprint density at radius 1 is 1.18 bits per heavy atom. The van der Waals surface area contributed by atoms with Gasteiger partial charge >= 0.3 is 0 Å². The number of aliphatic hydroxyl groups is 1. The fourth-order valence-corrected chi connectivity index (χ4v) is 3.10. The van der Waals surface area contributed by atoms with Gasteiger partial charge in [0.05, 0.1) is 16.4 Å². The number of nitro benzene ring substituents is 1. The smallest absolute Gasteiger partial charge is 0.283 e. The molecule has 0 saturated carbocycles. The lowest BCUT2D eigenvalue weighted by Crippen LogP contribution is -2.11. The van der Waals surface area contributed by atoms with E-state index in [9.17, 15) is 10.1 Å². The monoisotopic (exact) mass is 318 g/mol. The summed E-state index contributed by atoms with van der Waals surface area (Å²) < 4.78 is 0. The number of hydrogen-bond acceptors (Lipinski definition) is 5. The minimum atomic E-state index is -0.407. The summed E-state index contributed by atoms with van der Waals surface area (Å²) in [5.41, 5.74) is 1.69. The van der Waals surface area contributed by atoms with Crippen molar-refractivity contribution in [3.63, 3.8) is 0 Å². The van der Waals surface area contributed by atoms with Crippen LogP contribution < -0.4 is 0 Å². The maximum Gasteiger partial charge on any atom is 0.283 e. The molecule has 0 aromatic heterocycles. The van der Waals surface area contributed by atoms with Gasteiger partial charge in [-0.05, 0) is 37.4 Å². The molecule has 0 aliphatic carbocycles. The molecule has 0 unspecified atom stereocenters. The van der Waals surface area contributed by atoms with E-state index in [1.807, 2.05) is 38.4 Å². The van der Waals surface area contributed by atoms with Crippen LogP contribution in [0.5, 0.6) is 0 Å². The molecule has 2 aromatic rings. The Morgan fingerprint density at radius 2 is 1.91 bits per heavy atom. The first-order valence-electron chi connectivity index (χ1n) is 6.80. The summed E-state index contributed by atoms with van der Waals surface area (Å²) in [7, 11) is 3.97. The van der Waals surface area contributed by atoms with Gasteiger partial charge in [0, 0.05) is 17.5 Å². The summed E-state index contributed by atoms with van der Waals surface area (Å²) in [4.78, 5) is 14.5. The standard InChI is InChI=1S/C16H18N2O3S/c1-17(2)10-13-5-3-4-6-15(13)22-16-8-7-12(11-19)9-14(16)18(20)21/h3-9,19H,10-11H2,1-2H3. The fourth-order valence-electron chi connectivity index (χ4n) is 2.08. The van der Waals surface area contributed by atoms with Crippen LogP contribution in [0.3, 0.4) is 0 Å². The minimum absolute atomic E-state index is 0.0243. The van der Waals surface area contributed by atoms with Gasteiger partial charge in [0.15, 0.2) is 0 Å². The highest BCUT2D eigenvalue weighted by atomic mass is 32.2. The van der Waals surface area contributed by atoms with Crippen molar-refractivity contribution in [1.29, 1.82) is 0 Å². The second-order valence-electron chi connectivity index (χ2n) is 5.16. The topological polar surface area (TPSA) is 66.6 Å². The molecule has 0 spiro atoms. The molecule has 2 rings (SSSR count). The Bertz CT molecular complexity index is 674. The average Bonchev–Trinajstić information content (AvgIpc) is 2.49. The molecule has 22 heavy (non-hydrogen) atoms. The van der Waals surface area contributed by atoms with E-state index >= 15 is 0 Å². The lowest BCUT2D eigenvalue weighted by Gasteiger charge is -2.14. The summed E-state index contributed by atoms with van der Waals surface area (Å²) in [5.74, 6) is 0. The van der Waals surface area contributed by atoms with Gasteiger partial charge in [-0.15, -0.1) is 0 Å². The van der Waals surface area contributed by atoms with Gasteiger partial charge in [-0.25, -0.2) is 0 Å². The van der Waals surface area contributed by atoms with Gasteiger partial charge in [0.25, 0.3) is 5.69 Å². The van der Waals surface area contributed by atoms with Crippen molar-refractivity contribution in [2.45, 2.75) is 22.9 Å². The molecule has 0 atom stereocenters. The van der Waals surface area contributed by atoms with E-state index in [4.69, 9.17) is 5.11 Å². The normalized spacial score (nSPS) is 10.9. The van der Waals surface area contributed by atoms with E-state index in [1.54, 1.807) is 12.1 Å². The number of hydrogen-bond donors (Lipinski definition) is 1. The zero-order chi connectivity index (χ0) is 16.1. The molecule has 0 saturated heterocycles. The van der Waals surface area contributed by atoms with Gasteiger partial charge < -0.3 is 10.0 Å². The maximum absolute atomic E-state index is 11.2. The molecule has 116 valence electrons. The van der Waals surface area contributed by atoms with E-state index < -0.39 is 4.92 Å². The Labute approximate surface area is 133 Å². The second-order valence-corrected chi connectivity index (χ2v) is 6.25. The molecule has 0 bridgehead atoms. The average molecular weight is 318 g/mol. The second kappa shape index (κ2) is 7.40. The summed E-state index contributed by atoms with van der Waals surface area (Å²) in [6.07, 6.45) is 0. The van der Waals surface area contributed by atoms with Crippen molar-refractivity contribution in [3.05, 3.63) is 63.7 Å². The van der Waals surface area contributed by atoms with E-state index in [-0.39, 0.29) is 12.3 Å². The zero-order valence-corrected chi connectivity index (χ0v) is 13.3. The predicted octanol–water partition coefficient (Wildman–Crippen LogP) is 3.30. The Balaban J connectivity index is 2.37. The molecule has 0 amide bonds. The first-order valence-corrected chi connectivity index (χ1v) is 7.61. The molecule has 0 heterocycles. The van der Waals surface area contributed by atoms with Crippen LogP contribution in [0.4, 0.5) is 5.69 Å². The summed E-state index contributed by atoms with van der Waals surface area (Å²) in [6, 6.07) is 12.7. The maximum atomic E-state index is 11.2. The molecule has 6 heteroatoms. The number of nitro groups is 1. The third-order valence-electron chi connectivity index (χ3n) is 3.08. The molecular formula is C16H18N2O3S. The molecule has 0 aliphatic rings. The van der Waals surface area contributed by atoms with Gasteiger partial charge in [-0.1, -0.05) is 36.0 Å². The molecule has 0 aliphatic heterocycles. The minimum Gasteiger partial charge on any atom is -0.392 e. The lowest BCUT2D eigenvalue weighted by atomic mass is 10.2. The first kappa shape index (κ1) is 16.5. The van der Waals surface area contributed by atoms with Crippen molar-refractivity contribution in [1.82, 2.24) is 4.90 Å². The largest absolute Gasteiger partial charge is 0.392 e. The van der Waals surface area contributed by atoms with Crippen LogP contribution >= 0.6 is 11.8 Å². The summed E-state index contributed by atoms with van der Waals surface area (Å²) >= 11 is 1.38. The summed E-state index contributed by atoms with van der Waals surface area (Å²) in [5, 5.41) is 20.4. The third kappa shape index (κ3) is 4.07. The van der Waals surface area contributed by atoms with Crippen LogP contribution in [-0.4, -0.2) is 29.0 Å². The van der Waals surface area contributed by atoms with Crippen LogP contribution in [0.15, 0.2) is 52.3 Å². The number of aliphatic hydroxyl groups excluding tert-OH is 1. The zero-order valence-electron chi connectivity index (χ0n) is 12.5. The van der Waals surface area contributed by atoms with E-state index in [2.05, 4.69) is 4.90 Å². The van der Waals surface area contributed by atoms with Crippen molar-refractivity contribution < 1.29 is 10.0 Å². The van der Waals surface area contributed by atoms with E-state index in [0.29, 0.717) is 10.5 Å². The van der Waals surface area contributed by atoms with Crippen molar-refractivity contribution in [3.8, 4) is 0 Å². The first-order chi connectivity index (χ1) is 10.5. The third-order valence-corrected chi connectivity index (χ3v) is 4.27. The summed E-state index contributed by atoms with van der Waals surface area (Å²) in [6.45, 7) is 0.564. The van der Waals surface area contributed by atoms with Gasteiger partial charge in [0.1, 0.15) is 0 Å². The molecular weight excluding hydrogens is 300 g/mol. The molecule has 5 nitrogen and oxygen atoms in total. The SMILES string of the molecule is CN(C)Cc1ccccc1Sc1ccc(CO)cc1[N+](=O)[O-]. The van der Waals surface area contributed by atoms with Crippen molar-refractivity contribution in [2.75, 3.05) is 14.1 Å². The van der Waals surface area contributed by atoms with Gasteiger partial charge in [-0.2, -0.15) is 0 Å². The Morgan fingerprint density at radius 3 is 2.55 bits per heavy atom. The van der Waals surface area contributed by atoms with Crippen LogP contribution in [0.1, 0.15) is 11.1 Å². The van der Waals surface area contributed by atoms with Crippen LogP contribution in [0.2, 0.25) is 0 Å². The number of benzene rings is 2. The van der Waals surface area contributed by atoms with Gasteiger partial charge in [-0.3, -0.25) is 10.1 Å². The molecule has 2 aromatic carbocycles.